The normalized spacial score (nSPS) is 9.56. The van der Waals surface area contributed by atoms with Crippen LogP contribution in [0.1, 0.15) is 17.3 Å². The van der Waals surface area contributed by atoms with E-state index in [0.29, 0.717) is 5.75 Å². The number of esters is 2. The van der Waals surface area contributed by atoms with Gasteiger partial charge in [-0.05, 0) is 31.2 Å². The van der Waals surface area contributed by atoms with Crippen molar-refractivity contribution in [1.82, 2.24) is 0 Å². The first kappa shape index (κ1) is 23.6. The number of Topliss-reactive ketones (excluding diaryl/α,β-unsaturated/α-hetero) is 1. The number of ketones is 1. The van der Waals surface area contributed by atoms with E-state index in [2.05, 4.69) is 34.2 Å². The van der Waals surface area contributed by atoms with Gasteiger partial charge in [0.1, 0.15) is 25.2 Å². The third-order valence-corrected chi connectivity index (χ3v) is 2.64. The fourth-order valence-electron chi connectivity index (χ4n) is 1.39. The summed E-state index contributed by atoms with van der Waals surface area (Å²) in [7, 11) is 1.49. The van der Waals surface area contributed by atoms with Crippen molar-refractivity contribution < 1.29 is 38.4 Å². The second-order valence-electron chi connectivity index (χ2n) is 4.57. The highest BCUT2D eigenvalue weighted by Crippen LogP contribution is 2.12. The van der Waals surface area contributed by atoms with E-state index >= 15 is 0 Å². The Balaban J connectivity index is 0.00000326. The van der Waals surface area contributed by atoms with Crippen molar-refractivity contribution in [2.45, 2.75) is 6.92 Å². The summed E-state index contributed by atoms with van der Waals surface area (Å²) in [4.78, 5) is 43.6. The predicted octanol–water partition coefficient (Wildman–Crippen LogP) is 2.76. The topological polar surface area (TPSA) is 97.4 Å². The molecule has 0 aliphatic rings. The number of hydrogen-bond donors (Lipinski definition) is 0. The van der Waals surface area contributed by atoms with E-state index in [9.17, 15) is 14.4 Å². The van der Waals surface area contributed by atoms with Gasteiger partial charge in [0.25, 0.3) is 5.78 Å². The first-order valence-corrected chi connectivity index (χ1v) is 7.61. The van der Waals surface area contributed by atoms with Crippen molar-refractivity contribution in [1.29, 1.82) is 0 Å². The number of ether oxygens (including phenoxy) is 3. The smallest absolute Gasteiger partial charge is 0.379 e. The quantitative estimate of drug-likeness (QED) is 0.0706. The molecule has 0 saturated heterocycles. The van der Waals surface area contributed by atoms with Crippen LogP contribution < -0.4 is 4.74 Å². The van der Waals surface area contributed by atoms with Crippen molar-refractivity contribution in [3.63, 3.8) is 0 Å². The molecule has 0 amide bonds. The van der Waals surface area contributed by atoms with Crippen LogP contribution in [-0.4, -0.2) is 38.0 Å². The summed E-state index contributed by atoms with van der Waals surface area (Å²) in [6.07, 6.45) is 1.95. The Labute approximate surface area is 157 Å². The lowest BCUT2D eigenvalue weighted by atomic mass is 10.1. The molecule has 27 heavy (non-hydrogen) atoms. The van der Waals surface area contributed by atoms with Crippen molar-refractivity contribution in [2.75, 3.05) is 20.3 Å². The Morgan fingerprint density at radius 2 is 1.63 bits per heavy atom. The van der Waals surface area contributed by atoms with E-state index in [1.165, 1.54) is 26.2 Å². The number of carbonyl (C=O) groups is 3. The van der Waals surface area contributed by atoms with Crippen molar-refractivity contribution in [2.24, 2.45) is 0 Å². The minimum absolute atomic E-state index is 0.125. The molecule has 1 aromatic carbocycles. The van der Waals surface area contributed by atoms with E-state index in [4.69, 9.17) is 9.47 Å². The largest absolute Gasteiger partial charge is 0.497 e. The van der Waals surface area contributed by atoms with Gasteiger partial charge in [0.2, 0.25) is 0 Å². The van der Waals surface area contributed by atoms with Crippen LogP contribution in [0, 0.1) is 0 Å². The fourth-order valence-corrected chi connectivity index (χ4v) is 1.39. The average molecular weight is 378 g/mol. The molecular weight excluding hydrogens is 356 g/mol. The van der Waals surface area contributed by atoms with Gasteiger partial charge in [0, 0.05) is 11.1 Å². The Morgan fingerprint density at radius 3 is 2.19 bits per heavy atom. The van der Waals surface area contributed by atoms with Crippen molar-refractivity contribution in [3.8, 4) is 5.75 Å². The van der Waals surface area contributed by atoms with Gasteiger partial charge in [-0.15, -0.1) is 13.2 Å². The van der Waals surface area contributed by atoms with Gasteiger partial charge < -0.3 is 19.1 Å². The van der Waals surface area contributed by atoms with E-state index in [1.807, 2.05) is 0 Å². The molecule has 0 radical (unpaired) electrons. The first-order valence-electron chi connectivity index (χ1n) is 7.61. The van der Waals surface area contributed by atoms with Crippen LogP contribution in [0.25, 0.3) is 0 Å². The number of benzene rings is 1. The molecule has 146 valence electrons. The number of carbonyl (C=O) groups excluding carboxylic acids is 3. The standard InChI is InChI=1S/C17H18O8.C2H4/c1-12(2)16(19)22-8-10-24-25-11-9-23-17(20)15(18)13-4-6-14(21-3)7-5-13;1-2/h4-8,10H,1,9,11H2,2-3H3;1-2H2/b10-8+;. The lowest BCUT2D eigenvalue weighted by Crippen LogP contribution is -2.19. The van der Waals surface area contributed by atoms with Gasteiger partial charge in [-0.25, -0.2) is 9.59 Å². The molecule has 0 spiro atoms. The van der Waals surface area contributed by atoms with Crippen LogP contribution in [0.4, 0.5) is 0 Å². The second kappa shape index (κ2) is 13.9. The highest BCUT2D eigenvalue weighted by Gasteiger charge is 2.17. The van der Waals surface area contributed by atoms with Crippen LogP contribution in [0.2, 0.25) is 0 Å². The Morgan fingerprint density at radius 1 is 1.00 bits per heavy atom. The number of rotatable bonds is 10. The zero-order valence-electron chi connectivity index (χ0n) is 15.3. The molecule has 0 fully saturated rings. The molecule has 0 aromatic heterocycles. The maximum absolute atomic E-state index is 11.8. The fraction of sp³-hybridized carbons (Fsp3) is 0.211. The molecule has 0 atom stereocenters. The predicted molar refractivity (Wildman–Crippen MR) is 96.6 cm³/mol. The zero-order valence-corrected chi connectivity index (χ0v) is 15.3. The lowest BCUT2D eigenvalue weighted by molar-refractivity contribution is -0.255. The molecule has 0 bridgehead atoms. The summed E-state index contributed by atoms with van der Waals surface area (Å²) in [5.74, 6) is -1.84. The van der Waals surface area contributed by atoms with Crippen LogP contribution >= 0.6 is 0 Å². The molecule has 0 N–H and O–H groups in total. The van der Waals surface area contributed by atoms with Gasteiger partial charge in [-0.3, -0.25) is 4.79 Å². The molecule has 1 aromatic rings. The Kier molecular flexibility index (Phi) is 12.1. The molecule has 1 rings (SSSR count). The van der Waals surface area contributed by atoms with E-state index in [1.54, 1.807) is 12.1 Å². The lowest BCUT2D eigenvalue weighted by Gasteiger charge is -2.05. The second-order valence-corrected chi connectivity index (χ2v) is 4.57. The Bertz CT molecular complexity index is 661. The summed E-state index contributed by atoms with van der Waals surface area (Å²) in [5, 5.41) is 0. The summed E-state index contributed by atoms with van der Waals surface area (Å²) < 4.78 is 14.3. The van der Waals surface area contributed by atoms with Crippen LogP contribution in [-0.2, 0) is 28.8 Å². The number of methoxy groups -OCH3 is 1. The van der Waals surface area contributed by atoms with Crippen molar-refractivity contribution >= 4 is 17.7 Å². The van der Waals surface area contributed by atoms with E-state index in [0.717, 1.165) is 12.5 Å². The van der Waals surface area contributed by atoms with E-state index < -0.39 is 17.7 Å². The minimum Gasteiger partial charge on any atom is -0.497 e. The zero-order chi connectivity index (χ0) is 20.7. The highest BCUT2D eigenvalue weighted by atomic mass is 17.2. The van der Waals surface area contributed by atoms with Crippen LogP contribution in [0.15, 0.2) is 62.1 Å². The first-order chi connectivity index (χ1) is 13.0. The number of hydrogen-bond acceptors (Lipinski definition) is 8. The molecule has 8 heteroatoms. The van der Waals surface area contributed by atoms with Gasteiger partial charge in [-0.2, -0.15) is 4.89 Å². The maximum Gasteiger partial charge on any atom is 0.379 e. The van der Waals surface area contributed by atoms with Gasteiger partial charge >= 0.3 is 11.9 Å². The van der Waals surface area contributed by atoms with Crippen molar-refractivity contribution in [3.05, 3.63) is 67.7 Å². The average Bonchev–Trinajstić information content (AvgIpc) is 2.70. The third-order valence-electron chi connectivity index (χ3n) is 2.64. The molecule has 0 saturated carbocycles. The van der Waals surface area contributed by atoms with Gasteiger partial charge in [0.15, 0.2) is 6.26 Å². The summed E-state index contributed by atoms with van der Waals surface area (Å²) in [6.45, 7) is 10.6. The monoisotopic (exact) mass is 378 g/mol. The van der Waals surface area contributed by atoms with Gasteiger partial charge in [-0.1, -0.05) is 6.58 Å². The third kappa shape index (κ3) is 9.61. The maximum atomic E-state index is 11.8. The SMILES string of the molecule is C=C.C=C(C)C(=O)O/C=C/OOCCOC(=O)C(=O)c1ccc(OC)cc1. The minimum atomic E-state index is -1.01. The summed E-state index contributed by atoms with van der Waals surface area (Å²) in [5.41, 5.74) is 0.421. The molecule has 0 aliphatic carbocycles. The van der Waals surface area contributed by atoms with Crippen LogP contribution in [0.3, 0.4) is 0 Å². The Hall–Kier alpha value is -3.39. The highest BCUT2D eigenvalue weighted by molar-refractivity contribution is 6.40. The molecular formula is C19H22O8. The molecule has 0 unspecified atom stereocenters. The molecule has 0 aliphatic heterocycles. The molecule has 8 nitrogen and oxygen atoms in total. The molecule has 0 heterocycles. The summed E-state index contributed by atoms with van der Waals surface area (Å²) >= 11 is 0. The van der Waals surface area contributed by atoms with Crippen LogP contribution in [0.5, 0.6) is 5.75 Å². The summed E-state index contributed by atoms with van der Waals surface area (Å²) in [6, 6.07) is 6.03. The van der Waals surface area contributed by atoms with Gasteiger partial charge in [0.05, 0.1) is 7.11 Å². The van der Waals surface area contributed by atoms with E-state index in [-0.39, 0.29) is 24.4 Å².